The van der Waals surface area contributed by atoms with Gasteiger partial charge in [0.05, 0.1) is 30.6 Å². The average molecular weight is 444 g/mol. The van der Waals surface area contributed by atoms with Gasteiger partial charge in [-0.2, -0.15) is 0 Å². The van der Waals surface area contributed by atoms with E-state index in [1.54, 1.807) is 24.7 Å². The second-order valence-electron chi connectivity index (χ2n) is 9.22. The normalized spacial score (nSPS) is 22.7. The summed E-state index contributed by atoms with van der Waals surface area (Å²) in [4.78, 5) is 12.9. The summed E-state index contributed by atoms with van der Waals surface area (Å²) in [7, 11) is 0. The average Bonchev–Trinajstić information content (AvgIpc) is 3.35. The molecule has 1 aliphatic heterocycles. The van der Waals surface area contributed by atoms with Gasteiger partial charge in [0.25, 0.3) is 0 Å². The Morgan fingerprint density at radius 1 is 1.34 bits per heavy atom. The summed E-state index contributed by atoms with van der Waals surface area (Å²) >= 11 is 0. The molecule has 1 aromatic heterocycles. The van der Waals surface area contributed by atoms with Gasteiger partial charge in [-0.1, -0.05) is 18.1 Å². The number of anilines is 1. The van der Waals surface area contributed by atoms with Crippen LogP contribution in [0, 0.1) is 0 Å². The first-order valence-electron chi connectivity index (χ1n) is 11.4. The molecule has 9 nitrogen and oxygen atoms in total. The number of amides is 2. The number of carbonyl (C=O) groups is 1. The van der Waals surface area contributed by atoms with Crippen molar-refractivity contribution in [1.29, 1.82) is 0 Å². The van der Waals surface area contributed by atoms with Crippen LogP contribution in [0.2, 0.25) is 0 Å². The van der Waals surface area contributed by atoms with Gasteiger partial charge in [-0.3, -0.25) is 0 Å². The predicted octanol–water partition coefficient (Wildman–Crippen LogP) is 3.53. The third kappa shape index (κ3) is 4.82. The lowest BCUT2D eigenvalue weighted by molar-refractivity contribution is 0.0736. The number of rotatable bonds is 6. The largest absolute Gasteiger partial charge is 0.492 e. The maximum absolute atomic E-state index is 12.9. The number of urea groups is 1. The zero-order valence-electron chi connectivity index (χ0n) is 19.2. The Hall–Kier alpha value is -2.81. The van der Waals surface area contributed by atoms with Crippen molar-refractivity contribution in [2.24, 2.45) is 0 Å². The van der Waals surface area contributed by atoms with Crippen LogP contribution in [0.15, 0.2) is 18.3 Å². The Kier molecular flexibility index (Phi) is 6.28. The minimum Gasteiger partial charge on any atom is -0.492 e. The second kappa shape index (κ2) is 8.97. The zero-order chi connectivity index (χ0) is 22.9. The summed E-state index contributed by atoms with van der Waals surface area (Å²) in [5, 5.41) is 24.6. The summed E-state index contributed by atoms with van der Waals surface area (Å²) in [6, 6.07) is 3.38. The molecule has 2 aromatic rings. The number of aliphatic hydroxyl groups is 1. The second-order valence-corrected chi connectivity index (χ2v) is 9.22. The third-order valence-electron chi connectivity index (χ3n) is 6.07. The smallest absolute Gasteiger partial charge is 0.319 e. The van der Waals surface area contributed by atoms with E-state index >= 15 is 0 Å². The van der Waals surface area contributed by atoms with Crippen LogP contribution in [-0.4, -0.2) is 44.9 Å². The molecule has 2 aliphatic rings. The molecule has 0 radical (unpaired) electrons. The molecular weight excluding hydrogens is 410 g/mol. The Bertz CT molecular complexity index is 968. The molecule has 1 aromatic carbocycles. The maximum Gasteiger partial charge on any atom is 0.319 e. The number of benzene rings is 1. The monoisotopic (exact) mass is 443 g/mol. The van der Waals surface area contributed by atoms with Crippen LogP contribution in [-0.2, 0) is 12.0 Å². The molecular formula is C23H33N5O4. The Morgan fingerprint density at radius 2 is 2.12 bits per heavy atom. The fraction of sp³-hybridized carbons (Fsp3) is 0.609. The Morgan fingerprint density at radius 3 is 2.84 bits per heavy atom. The number of aromatic nitrogens is 3. The SMILES string of the molecule is CCOc1cc2c(cc1NC(=O)N[C@H]1CCCC[C@H]1n1cc(C(C)(C)O)nn1)OC(C)C2. The van der Waals surface area contributed by atoms with Gasteiger partial charge in [0.2, 0.25) is 0 Å². The van der Waals surface area contributed by atoms with Crippen LogP contribution in [0.5, 0.6) is 11.5 Å². The molecule has 2 amide bonds. The Labute approximate surface area is 188 Å². The molecule has 1 unspecified atom stereocenters. The first-order chi connectivity index (χ1) is 15.2. The van der Waals surface area contributed by atoms with Gasteiger partial charge in [0, 0.05) is 18.1 Å². The van der Waals surface area contributed by atoms with E-state index < -0.39 is 5.60 Å². The third-order valence-corrected chi connectivity index (χ3v) is 6.07. The van der Waals surface area contributed by atoms with E-state index in [0.717, 1.165) is 43.4 Å². The van der Waals surface area contributed by atoms with Crippen LogP contribution < -0.4 is 20.1 Å². The summed E-state index contributed by atoms with van der Waals surface area (Å²) in [5.74, 6) is 1.43. The fourth-order valence-corrected chi connectivity index (χ4v) is 4.45. The molecule has 3 atom stereocenters. The minimum atomic E-state index is -1.06. The molecule has 0 bridgehead atoms. The van der Waals surface area contributed by atoms with Gasteiger partial charge in [-0.15, -0.1) is 5.10 Å². The number of nitrogens with one attached hydrogen (secondary N) is 2. The standard InChI is InChI=1S/C23H33N5O4/c1-5-31-20-11-15-10-14(2)32-19(15)12-17(20)25-22(29)24-16-8-6-7-9-18(16)28-13-21(26-27-28)23(3,4)30/h11-14,16,18,30H,5-10H2,1-4H3,(H2,24,25,29)/t14?,16-,18+/m0/s1. The number of fused-ring (bicyclic) bond motifs is 1. The summed E-state index contributed by atoms with van der Waals surface area (Å²) in [5.41, 5.74) is 1.14. The molecule has 0 saturated heterocycles. The lowest BCUT2D eigenvalue weighted by Gasteiger charge is -2.32. The molecule has 4 rings (SSSR count). The highest BCUT2D eigenvalue weighted by atomic mass is 16.5. The van der Waals surface area contributed by atoms with Gasteiger partial charge in [0.15, 0.2) is 0 Å². The minimum absolute atomic E-state index is 0.0198. The van der Waals surface area contributed by atoms with Crippen molar-refractivity contribution >= 4 is 11.7 Å². The number of hydrogen-bond donors (Lipinski definition) is 3. The van der Waals surface area contributed by atoms with Crippen molar-refractivity contribution in [2.45, 2.75) is 83.6 Å². The van der Waals surface area contributed by atoms with Crippen molar-refractivity contribution in [3.63, 3.8) is 0 Å². The van der Waals surface area contributed by atoms with Crippen LogP contribution in [0.25, 0.3) is 0 Å². The Balaban J connectivity index is 1.48. The highest BCUT2D eigenvalue weighted by Crippen LogP contribution is 2.38. The topological polar surface area (TPSA) is 111 Å². The van der Waals surface area contributed by atoms with Crippen molar-refractivity contribution in [3.05, 3.63) is 29.6 Å². The van der Waals surface area contributed by atoms with Crippen LogP contribution in [0.3, 0.4) is 0 Å². The molecule has 3 N–H and O–H groups in total. The first-order valence-corrected chi connectivity index (χ1v) is 11.4. The van der Waals surface area contributed by atoms with E-state index in [-0.39, 0.29) is 24.2 Å². The molecule has 174 valence electrons. The summed E-state index contributed by atoms with van der Waals surface area (Å²) in [6.07, 6.45) is 6.53. The highest BCUT2D eigenvalue weighted by molar-refractivity contribution is 5.91. The van der Waals surface area contributed by atoms with Crippen LogP contribution in [0.1, 0.15) is 70.7 Å². The summed E-state index contributed by atoms with van der Waals surface area (Å²) in [6.45, 7) is 7.82. The van der Waals surface area contributed by atoms with Gasteiger partial charge in [-0.05, 0) is 46.6 Å². The van der Waals surface area contributed by atoms with Gasteiger partial charge >= 0.3 is 6.03 Å². The molecule has 32 heavy (non-hydrogen) atoms. The van der Waals surface area contributed by atoms with Crippen molar-refractivity contribution in [2.75, 3.05) is 11.9 Å². The zero-order valence-corrected chi connectivity index (χ0v) is 19.2. The van der Waals surface area contributed by atoms with Crippen molar-refractivity contribution < 1.29 is 19.4 Å². The van der Waals surface area contributed by atoms with E-state index in [1.165, 1.54) is 0 Å². The van der Waals surface area contributed by atoms with E-state index in [1.807, 2.05) is 26.0 Å². The van der Waals surface area contributed by atoms with E-state index in [0.29, 0.717) is 23.7 Å². The molecule has 2 heterocycles. The quantitative estimate of drug-likeness (QED) is 0.630. The molecule has 1 fully saturated rings. The number of hydrogen-bond acceptors (Lipinski definition) is 6. The van der Waals surface area contributed by atoms with E-state index in [4.69, 9.17) is 9.47 Å². The van der Waals surface area contributed by atoms with Crippen LogP contribution in [0.4, 0.5) is 10.5 Å². The number of carbonyl (C=O) groups excluding carboxylic acids is 1. The van der Waals surface area contributed by atoms with E-state index in [9.17, 15) is 9.90 Å². The number of nitrogens with zero attached hydrogens (tertiary/aromatic N) is 3. The maximum atomic E-state index is 12.9. The van der Waals surface area contributed by atoms with Crippen LogP contribution >= 0.6 is 0 Å². The lowest BCUT2D eigenvalue weighted by atomic mass is 9.90. The number of ether oxygens (including phenoxy) is 2. The highest BCUT2D eigenvalue weighted by Gasteiger charge is 2.31. The van der Waals surface area contributed by atoms with Gasteiger partial charge < -0.3 is 25.2 Å². The molecule has 1 saturated carbocycles. The summed E-state index contributed by atoms with van der Waals surface area (Å²) < 4.78 is 13.4. The molecule has 0 spiro atoms. The predicted molar refractivity (Wildman–Crippen MR) is 120 cm³/mol. The molecule has 9 heteroatoms. The van der Waals surface area contributed by atoms with E-state index in [2.05, 4.69) is 20.9 Å². The molecule has 1 aliphatic carbocycles. The van der Waals surface area contributed by atoms with Gasteiger partial charge in [0.1, 0.15) is 28.9 Å². The van der Waals surface area contributed by atoms with Gasteiger partial charge in [-0.25, -0.2) is 9.48 Å². The fourth-order valence-electron chi connectivity index (χ4n) is 4.45. The van der Waals surface area contributed by atoms with Crippen molar-refractivity contribution in [3.8, 4) is 11.5 Å². The van der Waals surface area contributed by atoms with Crippen molar-refractivity contribution in [1.82, 2.24) is 20.3 Å². The lowest BCUT2D eigenvalue weighted by Crippen LogP contribution is -2.45. The first kappa shape index (κ1) is 22.4.